The fourth-order valence-electron chi connectivity index (χ4n) is 5.55. The standard InChI is InChI=1S/C28H28N8O/c1-5-36-24(19-14-30-17(2)31-15-19)35-23-22(32-16-33-25(23)36)18-7-8-21-20(13-18)27(3,26(37)34-21)11-12-28(29-4)9-6-10-28/h7-8,13-16H,5-6,9-12H2,1-3H3,(H,34,37). The molecule has 6 rings (SSSR count). The molecule has 1 saturated carbocycles. The maximum atomic E-state index is 13.2. The van der Waals surface area contributed by atoms with Crippen LogP contribution in [0.25, 0.3) is 38.7 Å². The molecule has 9 nitrogen and oxygen atoms in total. The van der Waals surface area contributed by atoms with Crippen molar-refractivity contribution in [2.45, 2.75) is 70.4 Å². The first kappa shape index (κ1) is 23.2. The quantitative estimate of drug-likeness (QED) is 0.375. The van der Waals surface area contributed by atoms with Gasteiger partial charge in [-0.25, -0.2) is 31.5 Å². The molecule has 1 aliphatic carbocycles. The molecule has 37 heavy (non-hydrogen) atoms. The van der Waals surface area contributed by atoms with E-state index in [1.807, 2.05) is 30.5 Å². The predicted molar refractivity (Wildman–Crippen MR) is 141 cm³/mol. The number of nitrogens with zero attached hydrogens (tertiary/aromatic N) is 7. The minimum Gasteiger partial charge on any atom is -0.325 e. The maximum absolute atomic E-state index is 13.2. The van der Waals surface area contributed by atoms with Gasteiger partial charge >= 0.3 is 0 Å². The van der Waals surface area contributed by atoms with Gasteiger partial charge in [0.05, 0.1) is 11.0 Å². The van der Waals surface area contributed by atoms with Crippen LogP contribution >= 0.6 is 0 Å². The highest BCUT2D eigenvalue weighted by Crippen LogP contribution is 2.47. The third-order valence-corrected chi connectivity index (χ3v) is 8.14. The number of carbonyl (C=O) groups excluding carboxylic acids is 1. The third-order valence-electron chi connectivity index (χ3n) is 8.14. The fourth-order valence-corrected chi connectivity index (χ4v) is 5.55. The van der Waals surface area contributed by atoms with Crippen molar-refractivity contribution in [1.82, 2.24) is 29.5 Å². The molecule has 4 heterocycles. The second kappa shape index (κ2) is 8.44. The van der Waals surface area contributed by atoms with E-state index in [1.54, 1.807) is 18.7 Å². The van der Waals surface area contributed by atoms with E-state index in [0.717, 1.165) is 59.5 Å². The zero-order chi connectivity index (χ0) is 25.8. The molecule has 1 atom stereocenters. The summed E-state index contributed by atoms with van der Waals surface area (Å²) in [5, 5.41) is 3.06. The van der Waals surface area contributed by atoms with Gasteiger partial charge in [-0.1, -0.05) is 6.07 Å². The number of hydrogen-bond acceptors (Lipinski definition) is 6. The molecule has 1 fully saturated rings. The smallest absolute Gasteiger partial charge is 0.234 e. The molecule has 0 bridgehead atoms. The summed E-state index contributed by atoms with van der Waals surface area (Å²) in [6.45, 7) is 14.2. The first-order chi connectivity index (χ1) is 17.9. The molecule has 1 aliphatic heterocycles. The van der Waals surface area contributed by atoms with Crippen LogP contribution in [0.3, 0.4) is 0 Å². The number of fused-ring (bicyclic) bond motifs is 2. The molecule has 4 aromatic rings. The van der Waals surface area contributed by atoms with Crippen LogP contribution in [0.2, 0.25) is 0 Å². The highest BCUT2D eigenvalue weighted by molar-refractivity contribution is 6.06. The number of amides is 1. The van der Waals surface area contributed by atoms with Gasteiger partial charge in [-0.15, -0.1) is 0 Å². The van der Waals surface area contributed by atoms with Crippen LogP contribution in [0.1, 0.15) is 57.3 Å². The van der Waals surface area contributed by atoms with Crippen LogP contribution in [0.4, 0.5) is 5.69 Å². The lowest BCUT2D eigenvalue weighted by molar-refractivity contribution is -0.120. The summed E-state index contributed by atoms with van der Waals surface area (Å²) in [5.74, 6) is 1.43. The van der Waals surface area contributed by atoms with E-state index in [4.69, 9.17) is 11.6 Å². The van der Waals surface area contributed by atoms with Gasteiger partial charge in [0, 0.05) is 49.5 Å². The summed E-state index contributed by atoms with van der Waals surface area (Å²) < 4.78 is 2.04. The molecule has 1 amide bonds. The molecule has 1 aromatic carbocycles. The average molecular weight is 493 g/mol. The number of anilines is 1. The van der Waals surface area contributed by atoms with Crippen molar-refractivity contribution in [1.29, 1.82) is 0 Å². The Morgan fingerprint density at radius 1 is 1.11 bits per heavy atom. The van der Waals surface area contributed by atoms with E-state index < -0.39 is 5.41 Å². The van der Waals surface area contributed by atoms with E-state index in [2.05, 4.69) is 43.1 Å². The van der Waals surface area contributed by atoms with Crippen LogP contribution in [0, 0.1) is 13.5 Å². The third kappa shape index (κ3) is 3.58. The Kier molecular flexibility index (Phi) is 5.30. The lowest BCUT2D eigenvalue weighted by atomic mass is 9.69. The molecule has 9 heteroatoms. The van der Waals surface area contributed by atoms with Crippen LogP contribution in [-0.4, -0.2) is 40.9 Å². The summed E-state index contributed by atoms with van der Waals surface area (Å²) in [7, 11) is 0. The van der Waals surface area contributed by atoms with Gasteiger partial charge < -0.3 is 14.7 Å². The fraction of sp³-hybridized carbons (Fsp3) is 0.393. The molecule has 3 aromatic heterocycles. The van der Waals surface area contributed by atoms with Gasteiger partial charge in [-0.2, -0.15) is 0 Å². The summed E-state index contributed by atoms with van der Waals surface area (Å²) in [6, 6.07) is 5.97. The van der Waals surface area contributed by atoms with Gasteiger partial charge in [0.2, 0.25) is 11.4 Å². The number of nitrogens with one attached hydrogen (secondary N) is 1. The lowest BCUT2D eigenvalue weighted by Crippen LogP contribution is -2.38. The SMILES string of the molecule is [C-]#[N+]C1(CCC2(C)C(=O)Nc3ccc(-c4ncnc5c4nc(-c4cnc(C)nc4)n5CC)cc32)CCC1. The molecule has 1 unspecified atom stereocenters. The van der Waals surface area contributed by atoms with Crippen molar-refractivity contribution in [3.05, 3.63) is 59.7 Å². The number of imidazole rings is 1. The summed E-state index contributed by atoms with van der Waals surface area (Å²) in [6.07, 6.45) is 9.42. The normalized spacial score (nSPS) is 19.8. The Morgan fingerprint density at radius 2 is 1.89 bits per heavy atom. The molecule has 0 radical (unpaired) electrons. The summed E-state index contributed by atoms with van der Waals surface area (Å²) in [4.78, 5) is 39.9. The summed E-state index contributed by atoms with van der Waals surface area (Å²) >= 11 is 0. The largest absolute Gasteiger partial charge is 0.325 e. The molecule has 186 valence electrons. The van der Waals surface area contributed by atoms with Crippen molar-refractivity contribution in [3.63, 3.8) is 0 Å². The first-order valence-corrected chi connectivity index (χ1v) is 12.7. The van der Waals surface area contributed by atoms with Crippen molar-refractivity contribution >= 4 is 22.8 Å². The predicted octanol–water partition coefficient (Wildman–Crippen LogP) is 5.11. The van der Waals surface area contributed by atoms with E-state index in [1.165, 1.54) is 0 Å². The molecule has 1 N–H and O–H groups in total. The molecule has 0 spiro atoms. The minimum absolute atomic E-state index is 0.0103. The van der Waals surface area contributed by atoms with Gasteiger partial charge in [-0.05, 0) is 51.3 Å². The Balaban J connectivity index is 1.43. The van der Waals surface area contributed by atoms with Gasteiger partial charge in [-0.3, -0.25) is 4.79 Å². The minimum atomic E-state index is -0.696. The second-order valence-corrected chi connectivity index (χ2v) is 10.3. The van der Waals surface area contributed by atoms with E-state index in [0.29, 0.717) is 30.0 Å². The number of rotatable bonds is 6. The number of aromatic nitrogens is 6. The Hall–Kier alpha value is -4.19. The number of aryl methyl sites for hydroxylation is 2. The zero-order valence-corrected chi connectivity index (χ0v) is 21.2. The second-order valence-electron chi connectivity index (χ2n) is 10.3. The van der Waals surface area contributed by atoms with E-state index in [-0.39, 0.29) is 11.4 Å². The van der Waals surface area contributed by atoms with E-state index >= 15 is 0 Å². The molecule has 0 saturated heterocycles. The summed E-state index contributed by atoms with van der Waals surface area (Å²) in [5.41, 5.74) is 4.62. The highest BCUT2D eigenvalue weighted by Gasteiger charge is 2.49. The molecule has 2 aliphatic rings. The van der Waals surface area contributed by atoms with Gasteiger partial charge in [0.15, 0.2) is 5.65 Å². The highest BCUT2D eigenvalue weighted by atomic mass is 16.2. The van der Waals surface area contributed by atoms with Crippen LogP contribution in [-0.2, 0) is 16.8 Å². The number of carbonyl (C=O) groups is 1. The lowest BCUT2D eigenvalue weighted by Gasteiger charge is -2.33. The van der Waals surface area contributed by atoms with Crippen LogP contribution in [0.15, 0.2) is 36.9 Å². The molecular weight excluding hydrogens is 464 g/mol. The number of hydrogen-bond donors (Lipinski definition) is 1. The Bertz CT molecular complexity index is 1580. The van der Waals surface area contributed by atoms with Crippen molar-refractivity contribution in [3.8, 4) is 22.6 Å². The maximum Gasteiger partial charge on any atom is 0.234 e. The zero-order valence-electron chi connectivity index (χ0n) is 21.2. The van der Waals surface area contributed by atoms with Crippen molar-refractivity contribution in [2.24, 2.45) is 0 Å². The topological polar surface area (TPSA) is 103 Å². The van der Waals surface area contributed by atoms with Crippen LogP contribution in [0.5, 0.6) is 0 Å². The van der Waals surface area contributed by atoms with Gasteiger partial charge in [0.1, 0.15) is 29.2 Å². The number of benzene rings is 1. The van der Waals surface area contributed by atoms with Gasteiger partial charge in [0.25, 0.3) is 0 Å². The monoisotopic (exact) mass is 492 g/mol. The van der Waals surface area contributed by atoms with E-state index in [9.17, 15) is 4.79 Å². The average Bonchev–Trinajstić information content (AvgIpc) is 3.38. The molecular formula is C28H28N8O. The Morgan fingerprint density at radius 3 is 2.57 bits per heavy atom. The Labute approximate surface area is 215 Å². The first-order valence-electron chi connectivity index (χ1n) is 12.7. The van der Waals surface area contributed by atoms with Crippen LogP contribution < -0.4 is 5.32 Å². The van der Waals surface area contributed by atoms with Crippen molar-refractivity contribution in [2.75, 3.05) is 5.32 Å². The van der Waals surface area contributed by atoms with Crippen molar-refractivity contribution < 1.29 is 4.79 Å².